The lowest BCUT2D eigenvalue weighted by molar-refractivity contribution is -0.385. The third-order valence-corrected chi connectivity index (χ3v) is 3.12. The Bertz CT molecular complexity index is 687. The van der Waals surface area contributed by atoms with Crippen molar-refractivity contribution in [2.24, 2.45) is 0 Å². The van der Waals surface area contributed by atoms with Crippen molar-refractivity contribution in [3.8, 4) is 5.75 Å². The van der Waals surface area contributed by atoms with Gasteiger partial charge in [-0.05, 0) is 22.0 Å². The Kier molecular flexibility index (Phi) is 4.48. The normalized spacial score (nSPS) is 10.3. The molecule has 1 N–H and O–H groups in total. The van der Waals surface area contributed by atoms with Crippen LogP contribution in [0.3, 0.4) is 0 Å². The van der Waals surface area contributed by atoms with Crippen LogP contribution in [0, 0.1) is 10.1 Å². The van der Waals surface area contributed by atoms with Crippen LogP contribution in [0.5, 0.6) is 5.75 Å². The van der Waals surface area contributed by atoms with Crippen molar-refractivity contribution >= 4 is 27.6 Å². The molecule has 0 fully saturated rings. The van der Waals surface area contributed by atoms with Gasteiger partial charge >= 0.3 is 5.97 Å². The maximum atomic E-state index is 10.7. The highest BCUT2D eigenvalue weighted by molar-refractivity contribution is 9.10. The Hall–Kier alpha value is -2.49. The number of aromatic nitrogens is 3. The summed E-state index contributed by atoms with van der Waals surface area (Å²) in [5.74, 6) is -0.841. The van der Waals surface area contributed by atoms with Gasteiger partial charge in [0.25, 0.3) is 5.69 Å². The van der Waals surface area contributed by atoms with Gasteiger partial charge in [-0.3, -0.25) is 10.1 Å². The standard InChI is InChI=1S/C11H9BrN4O5/c12-8-2-1-7(16(19)20)5-10(8)21-4-3-15-6-9(11(17)18)13-14-15/h1-2,5-6H,3-4H2,(H,17,18). The average Bonchev–Trinajstić information content (AvgIpc) is 2.89. The van der Waals surface area contributed by atoms with E-state index in [1.807, 2.05) is 0 Å². The van der Waals surface area contributed by atoms with Gasteiger partial charge in [0.05, 0.1) is 28.2 Å². The molecule has 0 spiro atoms. The number of halogens is 1. The first-order valence-electron chi connectivity index (χ1n) is 5.67. The number of rotatable bonds is 6. The number of nitro groups is 1. The maximum absolute atomic E-state index is 10.7. The first-order chi connectivity index (χ1) is 9.97. The van der Waals surface area contributed by atoms with E-state index < -0.39 is 10.9 Å². The predicted molar refractivity (Wildman–Crippen MR) is 73.3 cm³/mol. The minimum Gasteiger partial charge on any atom is -0.490 e. The van der Waals surface area contributed by atoms with Crippen LogP contribution in [0.2, 0.25) is 0 Å². The molecular weight excluding hydrogens is 348 g/mol. The highest BCUT2D eigenvalue weighted by atomic mass is 79.9. The summed E-state index contributed by atoms with van der Waals surface area (Å²) in [7, 11) is 0. The summed E-state index contributed by atoms with van der Waals surface area (Å²) in [6.07, 6.45) is 1.27. The highest BCUT2D eigenvalue weighted by Gasteiger charge is 2.11. The molecule has 0 aliphatic carbocycles. The number of hydrogen-bond donors (Lipinski definition) is 1. The summed E-state index contributed by atoms with van der Waals surface area (Å²) in [6, 6.07) is 4.17. The molecule has 1 aromatic heterocycles. The van der Waals surface area contributed by atoms with Gasteiger partial charge < -0.3 is 9.84 Å². The fraction of sp³-hybridized carbons (Fsp3) is 0.182. The van der Waals surface area contributed by atoms with Gasteiger partial charge in [-0.25, -0.2) is 9.48 Å². The topological polar surface area (TPSA) is 120 Å². The van der Waals surface area contributed by atoms with E-state index in [-0.39, 0.29) is 24.5 Å². The van der Waals surface area contributed by atoms with Gasteiger partial charge in [-0.2, -0.15) is 0 Å². The minimum atomic E-state index is -1.16. The number of ether oxygens (including phenoxy) is 1. The largest absolute Gasteiger partial charge is 0.490 e. The second kappa shape index (κ2) is 6.31. The molecular formula is C11H9BrN4O5. The lowest BCUT2D eigenvalue weighted by Crippen LogP contribution is -2.09. The molecule has 2 aromatic rings. The van der Waals surface area contributed by atoms with Crippen molar-refractivity contribution in [2.45, 2.75) is 6.54 Å². The van der Waals surface area contributed by atoms with Gasteiger partial charge in [-0.1, -0.05) is 5.21 Å². The molecule has 10 heteroatoms. The van der Waals surface area contributed by atoms with E-state index in [1.165, 1.54) is 29.1 Å². The number of carboxylic acids is 1. The molecule has 0 saturated carbocycles. The zero-order valence-corrected chi connectivity index (χ0v) is 12.1. The number of nitro benzene ring substituents is 1. The van der Waals surface area contributed by atoms with Crippen LogP contribution in [-0.2, 0) is 6.54 Å². The fourth-order valence-electron chi connectivity index (χ4n) is 1.47. The zero-order valence-electron chi connectivity index (χ0n) is 10.5. The van der Waals surface area contributed by atoms with E-state index in [9.17, 15) is 14.9 Å². The third-order valence-electron chi connectivity index (χ3n) is 2.46. The van der Waals surface area contributed by atoms with Gasteiger partial charge in [0.1, 0.15) is 12.4 Å². The van der Waals surface area contributed by atoms with E-state index >= 15 is 0 Å². The summed E-state index contributed by atoms with van der Waals surface area (Å²) >= 11 is 3.23. The first kappa shape index (κ1) is 14.9. The van der Waals surface area contributed by atoms with Crippen molar-refractivity contribution < 1.29 is 19.6 Å². The molecule has 0 saturated heterocycles. The lowest BCUT2D eigenvalue weighted by atomic mass is 10.3. The quantitative estimate of drug-likeness (QED) is 0.617. The number of hydrogen-bond acceptors (Lipinski definition) is 6. The van der Waals surface area contributed by atoms with Crippen LogP contribution in [0.15, 0.2) is 28.9 Å². The summed E-state index contributed by atoms with van der Waals surface area (Å²) in [4.78, 5) is 20.8. The Balaban J connectivity index is 1.98. The fourth-order valence-corrected chi connectivity index (χ4v) is 1.83. The Morgan fingerprint density at radius 1 is 1.52 bits per heavy atom. The van der Waals surface area contributed by atoms with Crippen molar-refractivity contribution in [3.63, 3.8) is 0 Å². The second-order valence-corrected chi connectivity index (χ2v) is 4.75. The zero-order chi connectivity index (χ0) is 15.4. The predicted octanol–water partition coefficient (Wildman–Crippen LogP) is 1.73. The van der Waals surface area contributed by atoms with Crippen LogP contribution in [0.4, 0.5) is 5.69 Å². The van der Waals surface area contributed by atoms with Crippen LogP contribution in [0.1, 0.15) is 10.5 Å². The van der Waals surface area contributed by atoms with E-state index in [0.29, 0.717) is 10.2 Å². The molecule has 1 aromatic carbocycles. The molecule has 21 heavy (non-hydrogen) atoms. The number of aromatic carboxylic acids is 1. The number of nitrogens with zero attached hydrogens (tertiary/aromatic N) is 4. The SMILES string of the molecule is O=C(O)c1cn(CCOc2cc([N+](=O)[O-])ccc2Br)nn1. The van der Waals surface area contributed by atoms with Gasteiger partial charge in [-0.15, -0.1) is 5.10 Å². The van der Waals surface area contributed by atoms with Crippen LogP contribution in [-0.4, -0.2) is 37.6 Å². The van der Waals surface area contributed by atoms with Crippen molar-refractivity contribution in [2.75, 3.05) is 6.61 Å². The van der Waals surface area contributed by atoms with Crippen molar-refractivity contribution in [1.29, 1.82) is 0 Å². The molecule has 0 bridgehead atoms. The van der Waals surface area contributed by atoms with Crippen molar-refractivity contribution in [1.82, 2.24) is 15.0 Å². The molecule has 0 aliphatic rings. The smallest absolute Gasteiger partial charge is 0.358 e. The van der Waals surface area contributed by atoms with Gasteiger partial charge in [0, 0.05) is 6.07 Å². The molecule has 2 rings (SSSR count). The molecule has 1 heterocycles. The van der Waals surface area contributed by atoms with Crippen LogP contribution < -0.4 is 4.74 Å². The molecule has 0 radical (unpaired) electrons. The minimum absolute atomic E-state index is 0.0814. The van der Waals surface area contributed by atoms with E-state index in [0.717, 1.165) is 0 Å². The lowest BCUT2D eigenvalue weighted by Gasteiger charge is -2.07. The summed E-state index contributed by atoms with van der Waals surface area (Å²) in [5, 5.41) is 26.5. The summed E-state index contributed by atoms with van der Waals surface area (Å²) in [5.41, 5.74) is -0.242. The monoisotopic (exact) mass is 356 g/mol. The van der Waals surface area contributed by atoms with Gasteiger partial charge in [0.2, 0.25) is 0 Å². The third kappa shape index (κ3) is 3.75. The van der Waals surface area contributed by atoms with Crippen molar-refractivity contribution in [3.05, 3.63) is 44.7 Å². The Morgan fingerprint density at radius 3 is 2.90 bits per heavy atom. The van der Waals surface area contributed by atoms with E-state index in [4.69, 9.17) is 9.84 Å². The highest BCUT2D eigenvalue weighted by Crippen LogP contribution is 2.29. The summed E-state index contributed by atoms with van der Waals surface area (Å²) in [6.45, 7) is 0.414. The molecule has 9 nitrogen and oxygen atoms in total. The molecule has 0 aliphatic heterocycles. The maximum Gasteiger partial charge on any atom is 0.358 e. The average molecular weight is 357 g/mol. The second-order valence-electron chi connectivity index (χ2n) is 3.89. The van der Waals surface area contributed by atoms with E-state index in [2.05, 4.69) is 26.2 Å². The van der Waals surface area contributed by atoms with E-state index in [1.54, 1.807) is 0 Å². The number of carboxylic acid groups (broad SMARTS) is 1. The number of benzene rings is 1. The van der Waals surface area contributed by atoms with Gasteiger partial charge in [0.15, 0.2) is 5.69 Å². The Morgan fingerprint density at radius 2 is 2.29 bits per heavy atom. The van der Waals surface area contributed by atoms with Crippen LogP contribution >= 0.6 is 15.9 Å². The Labute approximate surface area is 126 Å². The molecule has 0 atom stereocenters. The molecule has 0 amide bonds. The first-order valence-corrected chi connectivity index (χ1v) is 6.47. The molecule has 110 valence electrons. The molecule has 0 unspecified atom stereocenters. The number of non-ortho nitro benzene ring substituents is 1. The summed E-state index contributed by atoms with van der Waals surface area (Å²) < 4.78 is 7.31. The van der Waals surface area contributed by atoms with Crippen LogP contribution in [0.25, 0.3) is 0 Å². The number of carbonyl (C=O) groups is 1.